The second-order valence-electron chi connectivity index (χ2n) is 5.80. The summed E-state index contributed by atoms with van der Waals surface area (Å²) >= 11 is 6.02. The first-order valence-electron chi connectivity index (χ1n) is 6.73. The highest BCUT2D eigenvalue weighted by molar-refractivity contribution is 6.30. The number of nitrogens with one attached hydrogen (secondary N) is 2. The lowest BCUT2D eigenvalue weighted by Crippen LogP contribution is -2.40. The fourth-order valence-corrected chi connectivity index (χ4v) is 2.53. The molecule has 0 aromatic heterocycles. The summed E-state index contributed by atoms with van der Waals surface area (Å²) in [5, 5.41) is 7.01. The van der Waals surface area contributed by atoms with Gasteiger partial charge in [-0.25, -0.2) is 0 Å². The van der Waals surface area contributed by atoms with Crippen LogP contribution in [0.3, 0.4) is 0 Å². The first kappa shape index (κ1) is 14.4. The van der Waals surface area contributed by atoms with Crippen molar-refractivity contribution in [2.75, 3.05) is 19.6 Å². The zero-order chi connectivity index (χ0) is 13.9. The lowest BCUT2D eigenvalue weighted by atomic mass is 9.84. The molecule has 0 saturated carbocycles. The molecule has 104 valence electrons. The van der Waals surface area contributed by atoms with Gasteiger partial charge in [0.2, 0.25) is 5.91 Å². The lowest BCUT2D eigenvalue weighted by Gasteiger charge is -2.26. The van der Waals surface area contributed by atoms with Crippen molar-refractivity contribution in [3.8, 4) is 0 Å². The average Bonchev–Trinajstić information content (AvgIpc) is 2.90. The third-order valence-corrected chi connectivity index (χ3v) is 3.98. The summed E-state index contributed by atoms with van der Waals surface area (Å²) < 4.78 is 0. The number of amides is 1. The van der Waals surface area contributed by atoms with Crippen LogP contribution in [0.25, 0.3) is 0 Å². The topological polar surface area (TPSA) is 41.1 Å². The van der Waals surface area contributed by atoms with E-state index in [0.717, 1.165) is 30.1 Å². The molecule has 1 aliphatic rings. The van der Waals surface area contributed by atoms with Gasteiger partial charge in [-0.3, -0.25) is 4.79 Å². The van der Waals surface area contributed by atoms with Crippen LogP contribution in [0, 0.1) is 5.92 Å². The van der Waals surface area contributed by atoms with Gasteiger partial charge in [-0.15, -0.1) is 0 Å². The Morgan fingerprint density at radius 3 is 2.95 bits per heavy atom. The van der Waals surface area contributed by atoms with Crippen molar-refractivity contribution in [3.05, 3.63) is 34.9 Å². The third-order valence-electron chi connectivity index (χ3n) is 3.74. The predicted molar refractivity (Wildman–Crippen MR) is 78.5 cm³/mol. The van der Waals surface area contributed by atoms with E-state index in [4.69, 9.17) is 11.6 Å². The van der Waals surface area contributed by atoms with Crippen LogP contribution in [0.1, 0.15) is 25.8 Å². The van der Waals surface area contributed by atoms with Crippen molar-refractivity contribution in [1.82, 2.24) is 10.6 Å². The van der Waals surface area contributed by atoms with Gasteiger partial charge >= 0.3 is 0 Å². The molecule has 2 rings (SSSR count). The van der Waals surface area contributed by atoms with E-state index >= 15 is 0 Å². The second-order valence-corrected chi connectivity index (χ2v) is 6.24. The molecule has 1 amide bonds. The minimum Gasteiger partial charge on any atom is -0.355 e. The maximum atomic E-state index is 12.0. The summed E-state index contributed by atoms with van der Waals surface area (Å²) in [4.78, 5) is 12.0. The van der Waals surface area contributed by atoms with Crippen LogP contribution in [0.15, 0.2) is 24.3 Å². The zero-order valence-electron chi connectivity index (χ0n) is 11.5. The summed E-state index contributed by atoms with van der Waals surface area (Å²) in [5.41, 5.74) is 1.02. The molecule has 1 aliphatic heterocycles. The number of carbonyl (C=O) groups excluding carboxylic acids is 1. The maximum absolute atomic E-state index is 12.0. The Hall–Kier alpha value is -1.06. The standard InChI is InChI=1S/C15H21ClN2O/c1-15(2,12-4-3-5-13(16)8-12)10-18-14(19)11-6-7-17-9-11/h3-5,8,11,17H,6-7,9-10H2,1-2H3,(H,18,19). The highest BCUT2D eigenvalue weighted by atomic mass is 35.5. The van der Waals surface area contributed by atoms with E-state index in [-0.39, 0.29) is 17.2 Å². The summed E-state index contributed by atoms with van der Waals surface area (Å²) in [5.74, 6) is 0.273. The first-order valence-corrected chi connectivity index (χ1v) is 7.11. The molecule has 1 saturated heterocycles. The van der Waals surface area contributed by atoms with E-state index in [1.807, 2.05) is 18.2 Å². The Kier molecular flexibility index (Phi) is 4.48. The van der Waals surface area contributed by atoms with Crippen LogP contribution in [0.2, 0.25) is 5.02 Å². The Balaban J connectivity index is 1.95. The highest BCUT2D eigenvalue weighted by Gasteiger charge is 2.26. The smallest absolute Gasteiger partial charge is 0.224 e. The van der Waals surface area contributed by atoms with Gasteiger partial charge in [-0.2, -0.15) is 0 Å². The molecular formula is C15H21ClN2O. The summed E-state index contributed by atoms with van der Waals surface area (Å²) in [6.45, 7) is 6.60. The van der Waals surface area contributed by atoms with Crippen LogP contribution < -0.4 is 10.6 Å². The van der Waals surface area contributed by atoms with Crippen molar-refractivity contribution in [1.29, 1.82) is 0 Å². The molecular weight excluding hydrogens is 260 g/mol. The van der Waals surface area contributed by atoms with E-state index in [2.05, 4.69) is 30.5 Å². The number of benzene rings is 1. The van der Waals surface area contributed by atoms with E-state index in [9.17, 15) is 4.79 Å². The van der Waals surface area contributed by atoms with Gasteiger partial charge in [-0.1, -0.05) is 37.6 Å². The molecule has 3 nitrogen and oxygen atoms in total. The summed E-state index contributed by atoms with van der Waals surface area (Å²) in [6, 6.07) is 7.83. The highest BCUT2D eigenvalue weighted by Crippen LogP contribution is 2.25. The van der Waals surface area contributed by atoms with E-state index in [1.54, 1.807) is 0 Å². The van der Waals surface area contributed by atoms with Crippen LogP contribution in [0.5, 0.6) is 0 Å². The minimum absolute atomic E-state index is 0.118. The number of carbonyl (C=O) groups is 1. The molecule has 1 unspecified atom stereocenters. The van der Waals surface area contributed by atoms with Crippen molar-refractivity contribution < 1.29 is 4.79 Å². The van der Waals surface area contributed by atoms with Crippen molar-refractivity contribution in [3.63, 3.8) is 0 Å². The SMILES string of the molecule is CC(C)(CNC(=O)C1CCNC1)c1cccc(Cl)c1. The van der Waals surface area contributed by atoms with Gasteiger partial charge in [0, 0.05) is 23.5 Å². The first-order chi connectivity index (χ1) is 8.99. The van der Waals surface area contributed by atoms with Crippen LogP contribution in [-0.2, 0) is 10.2 Å². The fourth-order valence-electron chi connectivity index (χ4n) is 2.34. The van der Waals surface area contributed by atoms with Gasteiger partial charge in [0.25, 0.3) is 0 Å². The quantitative estimate of drug-likeness (QED) is 0.889. The van der Waals surface area contributed by atoms with Gasteiger partial charge < -0.3 is 10.6 Å². The molecule has 0 radical (unpaired) electrons. The molecule has 1 heterocycles. The van der Waals surface area contributed by atoms with Crippen LogP contribution in [0.4, 0.5) is 0 Å². The molecule has 1 atom stereocenters. The molecule has 1 aromatic rings. The molecule has 2 N–H and O–H groups in total. The van der Waals surface area contributed by atoms with Crippen LogP contribution >= 0.6 is 11.6 Å². The average molecular weight is 281 g/mol. The van der Waals surface area contributed by atoms with Gasteiger partial charge in [0.05, 0.1) is 5.92 Å². The van der Waals surface area contributed by atoms with Gasteiger partial charge in [0.1, 0.15) is 0 Å². The largest absolute Gasteiger partial charge is 0.355 e. The lowest BCUT2D eigenvalue weighted by molar-refractivity contribution is -0.124. The Labute approximate surface area is 119 Å². The fraction of sp³-hybridized carbons (Fsp3) is 0.533. The number of hydrogen-bond acceptors (Lipinski definition) is 2. The third kappa shape index (κ3) is 3.71. The summed E-state index contributed by atoms with van der Waals surface area (Å²) in [6.07, 6.45) is 0.934. The predicted octanol–water partition coefficient (Wildman–Crippen LogP) is 2.34. The van der Waals surface area contributed by atoms with Gasteiger partial charge in [-0.05, 0) is 30.7 Å². The normalized spacial score (nSPS) is 19.4. The maximum Gasteiger partial charge on any atom is 0.224 e. The monoisotopic (exact) mass is 280 g/mol. The van der Waals surface area contributed by atoms with E-state index < -0.39 is 0 Å². The van der Waals surface area contributed by atoms with Gasteiger partial charge in [0.15, 0.2) is 0 Å². The number of halogens is 1. The molecule has 0 aliphatic carbocycles. The Bertz CT molecular complexity index is 453. The molecule has 0 spiro atoms. The van der Waals surface area contributed by atoms with Crippen molar-refractivity contribution in [2.45, 2.75) is 25.7 Å². The second kappa shape index (κ2) is 5.93. The number of hydrogen-bond donors (Lipinski definition) is 2. The molecule has 1 aromatic carbocycles. The zero-order valence-corrected chi connectivity index (χ0v) is 12.3. The Morgan fingerprint density at radius 2 is 2.32 bits per heavy atom. The number of rotatable bonds is 4. The molecule has 0 bridgehead atoms. The molecule has 1 fully saturated rings. The van der Waals surface area contributed by atoms with Crippen molar-refractivity contribution in [2.24, 2.45) is 5.92 Å². The molecule has 19 heavy (non-hydrogen) atoms. The van der Waals surface area contributed by atoms with Crippen molar-refractivity contribution >= 4 is 17.5 Å². The minimum atomic E-state index is -0.118. The Morgan fingerprint density at radius 1 is 1.53 bits per heavy atom. The molecule has 4 heteroatoms. The van der Waals surface area contributed by atoms with Crippen LogP contribution in [-0.4, -0.2) is 25.5 Å². The van der Waals surface area contributed by atoms with E-state index in [0.29, 0.717) is 6.54 Å². The summed E-state index contributed by atoms with van der Waals surface area (Å²) in [7, 11) is 0. The van der Waals surface area contributed by atoms with E-state index in [1.165, 1.54) is 0 Å².